The van der Waals surface area contributed by atoms with E-state index in [1.54, 1.807) is 0 Å². The topological polar surface area (TPSA) is 29.3 Å². The van der Waals surface area contributed by atoms with Crippen molar-refractivity contribution in [3.05, 3.63) is 35.9 Å². The Morgan fingerprint density at radius 2 is 1.89 bits per heavy atom. The standard InChI is InChI=1S/C17H28N2/c1-14(12-15-8-4-3-5-9-15)19(2)17-11-7-6-10-16(17)13-18/h3-5,8-9,14,16-17H,6-7,10-13,18H2,1-2H3. The van der Waals surface area contributed by atoms with E-state index in [-0.39, 0.29) is 0 Å². The third kappa shape index (κ3) is 3.80. The van der Waals surface area contributed by atoms with Gasteiger partial charge in [0.25, 0.3) is 0 Å². The molecule has 0 amide bonds. The van der Waals surface area contributed by atoms with Gasteiger partial charge in [-0.15, -0.1) is 0 Å². The van der Waals surface area contributed by atoms with Gasteiger partial charge in [-0.25, -0.2) is 0 Å². The van der Waals surface area contributed by atoms with Crippen LogP contribution in [0.5, 0.6) is 0 Å². The first-order chi connectivity index (χ1) is 9.22. The van der Waals surface area contributed by atoms with Crippen molar-refractivity contribution in [2.24, 2.45) is 11.7 Å². The van der Waals surface area contributed by atoms with Gasteiger partial charge in [0.2, 0.25) is 0 Å². The van der Waals surface area contributed by atoms with Gasteiger partial charge in [0, 0.05) is 12.1 Å². The molecule has 1 fully saturated rings. The first kappa shape index (κ1) is 14.5. The lowest BCUT2D eigenvalue weighted by Crippen LogP contribution is -2.47. The molecule has 1 aromatic carbocycles. The Balaban J connectivity index is 1.95. The smallest absolute Gasteiger partial charge is 0.0135 e. The summed E-state index contributed by atoms with van der Waals surface area (Å²) in [6, 6.07) is 12.1. The van der Waals surface area contributed by atoms with Gasteiger partial charge in [-0.3, -0.25) is 0 Å². The van der Waals surface area contributed by atoms with Gasteiger partial charge in [0.1, 0.15) is 0 Å². The molecule has 0 aliphatic heterocycles. The summed E-state index contributed by atoms with van der Waals surface area (Å²) >= 11 is 0. The molecule has 2 N–H and O–H groups in total. The third-order valence-electron chi connectivity index (χ3n) is 4.76. The van der Waals surface area contributed by atoms with E-state index in [4.69, 9.17) is 5.73 Å². The van der Waals surface area contributed by atoms with Crippen LogP contribution in [0.1, 0.15) is 38.2 Å². The Morgan fingerprint density at radius 3 is 2.58 bits per heavy atom. The van der Waals surface area contributed by atoms with E-state index >= 15 is 0 Å². The van der Waals surface area contributed by atoms with Gasteiger partial charge in [-0.2, -0.15) is 0 Å². The van der Waals surface area contributed by atoms with Crippen LogP contribution in [0, 0.1) is 5.92 Å². The zero-order chi connectivity index (χ0) is 13.7. The molecule has 19 heavy (non-hydrogen) atoms. The van der Waals surface area contributed by atoms with Gasteiger partial charge >= 0.3 is 0 Å². The number of nitrogens with zero attached hydrogens (tertiary/aromatic N) is 1. The van der Waals surface area contributed by atoms with Crippen molar-refractivity contribution in [3.8, 4) is 0 Å². The average Bonchev–Trinajstić information content (AvgIpc) is 2.47. The number of hydrogen-bond acceptors (Lipinski definition) is 2. The lowest BCUT2D eigenvalue weighted by Gasteiger charge is -2.40. The quantitative estimate of drug-likeness (QED) is 0.881. The summed E-state index contributed by atoms with van der Waals surface area (Å²) in [5, 5.41) is 0. The Bertz CT molecular complexity index is 363. The molecule has 106 valence electrons. The van der Waals surface area contributed by atoms with Gasteiger partial charge < -0.3 is 10.6 Å². The molecule has 1 aliphatic carbocycles. The van der Waals surface area contributed by atoms with E-state index in [9.17, 15) is 0 Å². The number of hydrogen-bond donors (Lipinski definition) is 1. The van der Waals surface area contributed by atoms with E-state index in [0.717, 1.165) is 13.0 Å². The van der Waals surface area contributed by atoms with Crippen molar-refractivity contribution in [1.29, 1.82) is 0 Å². The summed E-state index contributed by atoms with van der Waals surface area (Å²) in [5.74, 6) is 0.692. The summed E-state index contributed by atoms with van der Waals surface area (Å²) < 4.78 is 0. The first-order valence-electron chi connectivity index (χ1n) is 7.68. The summed E-state index contributed by atoms with van der Waals surface area (Å²) in [6.07, 6.45) is 6.48. The maximum Gasteiger partial charge on any atom is 0.0135 e. The van der Waals surface area contributed by atoms with Crippen LogP contribution < -0.4 is 5.73 Å². The van der Waals surface area contributed by atoms with Crippen LogP contribution >= 0.6 is 0 Å². The fourth-order valence-corrected chi connectivity index (χ4v) is 3.43. The van der Waals surface area contributed by atoms with E-state index in [1.807, 2.05) is 0 Å². The van der Waals surface area contributed by atoms with Crippen LogP contribution in [0.15, 0.2) is 30.3 Å². The van der Waals surface area contributed by atoms with Crippen molar-refractivity contribution in [2.75, 3.05) is 13.6 Å². The van der Waals surface area contributed by atoms with Gasteiger partial charge in [0.05, 0.1) is 0 Å². The molecule has 2 heteroatoms. The van der Waals surface area contributed by atoms with Crippen molar-refractivity contribution in [1.82, 2.24) is 4.90 Å². The molecule has 0 bridgehead atoms. The molecule has 0 saturated heterocycles. The highest BCUT2D eigenvalue weighted by Crippen LogP contribution is 2.28. The average molecular weight is 260 g/mol. The summed E-state index contributed by atoms with van der Waals surface area (Å²) in [6.45, 7) is 3.18. The molecule has 1 aromatic rings. The lowest BCUT2D eigenvalue weighted by molar-refractivity contribution is 0.0988. The molecule has 0 heterocycles. The minimum Gasteiger partial charge on any atom is -0.330 e. The highest BCUT2D eigenvalue weighted by molar-refractivity contribution is 5.15. The Kier molecular flexibility index (Phi) is 5.41. The highest BCUT2D eigenvalue weighted by Gasteiger charge is 2.29. The van der Waals surface area contributed by atoms with Crippen LogP contribution in [-0.4, -0.2) is 30.6 Å². The number of nitrogens with two attached hydrogens (primary N) is 1. The molecule has 1 aliphatic rings. The second-order valence-electron chi connectivity index (χ2n) is 6.05. The maximum absolute atomic E-state index is 5.96. The van der Waals surface area contributed by atoms with Gasteiger partial charge in [-0.1, -0.05) is 43.2 Å². The van der Waals surface area contributed by atoms with Crippen LogP contribution in [0.4, 0.5) is 0 Å². The van der Waals surface area contributed by atoms with Crippen LogP contribution in [0.2, 0.25) is 0 Å². The zero-order valence-electron chi connectivity index (χ0n) is 12.4. The summed E-state index contributed by atoms with van der Waals surface area (Å²) in [4.78, 5) is 2.57. The predicted octanol–water partition coefficient (Wildman–Crippen LogP) is 3.07. The zero-order valence-corrected chi connectivity index (χ0v) is 12.4. The monoisotopic (exact) mass is 260 g/mol. The Morgan fingerprint density at radius 1 is 1.21 bits per heavy atom. The SMILES string of the molecule is CC(Cc1ccccc1)N(C)C1CCCCC1CN. The fraction of sp³-hybridized carbons (Fsp3) is 0.647. The Labute approximate surface area is 118 Å². The normalized spacial score (nSPS) is 25.5. The number of rotatable bonds is 5. The Hall–Kier alpha value is -0.860. The second-order valence-corrected chi connectivity index (χ2v) is 6.05. The summed E-state index contributed by atoms with van der Waals surface area (Å²) in [7, 11) is 2.28. The molecule has 2 nitrogen and oxygen atoms in total. The second kappa shape index (κ2) is 7.06. The molecular formula is C17H28N2. The van der Waals surface area contributed by atoms with Crippen molar-refractivity contribution in [2.45, 2.75) is 51.1 Å². The third-order valence-corrected chi connectivity index (χ3v) is 4.76. The van der Waals surface area contributed by atoms with E-state index < -0.39 is 0 Å². The lowest BCUT2D eigenvalue weighted by atomic mass is 9.83. The van der Waals surface area contributed by atoms with Crippen LogP contribution in [0.25, 0.3) is 0 Å². The largest absolute Gasteiger partial charge is 0.330 e. The molecule has 3 unspecified atom stereocenters. The van der Waals surface area contributed by atoms with Crippen molar-refractivity contribution in [3.63, 3.8) is 0 Å². The fourth-order valence-electron chi connectivity index (χ4n) is 3.43. The minimum atomic E-state index is 0.583. The minimum absolute atomic E-state index is 0.583. The summed E-state index contributed by atoms with van der Waals surface area (Å²) in [5.41, 5.74) is 7.39. The van der Waals surface area contributed by atoms with Crippen LogP contribution in [0.3, 0.4) is 0 Å². The van der Waals surface area contributed by atoms with Crippen LogP contribution in [-0.2, 0) is 6.42 Å². The van der Waals surface area contributed by atoms with E-state index in [1.165, 1.54) is 31.2 Å². The molecule has 0 aromatic heterocycles. The number of likely N-dealkylation sites (N-methyl/N-ethyl adjacent to an activating group) is 1. The number of benzene rings is 1. The molecule has 3 atom stereocenters. The van der Waals surface area contributed by atoms with E-state index in [2.05, 4.69) is 49.2 Å². The highest BCUT2D eigenvalue weighted by atomic mass is 15.2. The molecule has 1 saturated carbocycles. The van der Waals surface area contributed by atoms with E-state index in [0.29, 0.717) is 18.0 Å². The van der Waals surface area contributed by atoms with Crippen molar-refractivity contribution >= 4 is 0 Å². The predicted molar refractivity (Wildman–Crippen MR) is 82.2 cm³/mol. The molecule has 0 radical (unpaired) electrons. The molecular weight excluding hydrogens is 232 g/mol. The molecule has 2 rings (SSSR count). The first-order valence-corrected chi connectivity index (χ1v) is 7.68. The molecule has 0 spiro atoms. The van der Waals surface area contributed by atoms with Gasteiger partial charge in [-0.05, 0) is 51.3 Å². The van der Waals surface area contributed by atoms with Gasteiger partial charge in [0.15, 0.2) is 0 Å². The van der Waals surface area contributed by atoms with Crippen molar-refractivity contribution < 1.29 is 0 Å². The maximum atomic E-state index is 5.96.